The summed E-state index contributed by atoms with van der Waals surface area (Å²) in [5.41, 5.74) is -4.98. The quantitative estimate of drug-likeness (QED) is 0.228. The highest BCUT2D eigenvalue weighted by molar-refractivity contribution is 6.20. The van der Waals surface area contributed by atoms with E-state index in [1.165, 1.54) is 0 Å². The van der Waals surface area contributed by atoms with E-state index >= 15 is 0 Å². The van der Waals surface area contributed by atoms with E-state index < -0.39 is 34.6 Å². The molecular weight excluding hydrogens is 524 g/mol. The number of aliphatic hydroxyl groups excluding tert-OH is 1. The Balaban J connectivity index is 1.66. The minimum absolute atomic E-state index is 0.0794. The lowest BCUT2D eigenvalue weighted by atomic mass is 9.59. The summed E-state index contributed by atoms with van der Waals surface area (Å²) in [5.74, 6) is 0. The van der Waals surface area contributed by atoms with Gasteiger partial charge in [-0.25, -0.2) is 0 Å². The molecule has 4 N–H and O–H groups in total. The van der Waals surface area contributed by atoms with E-state index in [-0.39, 0.29) is 25.7 Å². The van der Waals surface area contributed by atoms with Crippen molar-refractivity contribution in [1.29, 1.82) is 0 Å². The fraction of sp³-hybridized carbons (Fsp3) is 0.294. The van der Waals surface area contributed by atoms with Crippen LogP contribution in [-0.2, 0) is 30.4 Å². The zero-order chi connectivity index (χ0) is 28.2. The SMILES string of the molecule is OC(Cc1ccccc1)[C@H]1OC(Cl)[C@@](O)(Cc2ccccc2)[C@](O)(Cc2ccccc2)[C@@]1(O)Cc1ccccc1. The second kappa shape index (κ2) is 11.8. The minimum Gasteiger partial charge on any atom is -0.390 e. The van der Waals surface area contributed by atoms with Crippen molar-refractivity contribution >= 4 is 11.6 Å². The van der Waals surface area contributed by atoms with Gasteiger partial charge in [-0.05, 0) is 22.3 Å². The zero-order valence-corrected chi connectivity index (χ0v) is 22.9. The number of halogens is 1. The van der Waals surface area contributed by atoms with Crippen molar-refractivity contribution in [3.63, 3.8) is 0 Å². The maximum absolute atomic E-state index is 12.9. The van der Waals surface area contributed by atoms with E-state index in [9.17, 15) is 20.4 Å². The Morgan fingerprint density at radius 3 is 1.40 bits per heavy atom. The van der Waals surface area contributed by atoms with Crippen LogP contribution in [0, 0.1) is 0 Å². The molecule has 5 nitrogen and oxygen atoms in total. The van der Waals surface area contributed by atoms with Crippen LogP contribution in [-0.4, -0.2) is 55.0 Å². The van der Waals surface area contributed by atoms with E-state index in [4.69, 9.17) is 16.3 Å². The maximum Gasteiger partial charge on any atom is 0.163 e. The predicted octanol–water partition coefficient (Wildman–Crippen LogP) is 4.48. The van der Waals surface area contributed by atoms with Crippen molar-refractivity contribution < 1.29 is 25.2 Å². The summed E-state index contributed by atoms with van der Waals surface area (Å²) in [5, 5.41) is 49.7. The summed E-state index contributed by atoms with van der Waals surface area (Å²) in [6.45, 7) is 0. The van der Waals surface area contributed by atoms with Crippen LogP contribution in [0.1, 0.15) is 22.3 Å². The monoisotopic (exact) mass is 558 g/mol. The third-order valence-corrected chi connectivity index (χ3v) is 8.58. The van der Waals surface area contributed by atoms with Gasteiger partial charge in [-0.15, -0.1) is 0 Å². The van der Waals surface area contributed by atoms with E-state index in [0.717, 1.165) is 11.1 Å². The third kappa shape index (κ3) is 5.46. The molecule has 2 unspecified atom stereocenters. The summed E-state index contributed by atoms with van der Waals surface area (Å²) < 4.78 is 6.18. The van der Waals surface area contributed by atoms with Crippen molar-refractivity contribution in [3.8, 4) is 0 Å². The summed E-state index contributed by atoms with van der Waals surface area (Å²) >= 11 is 6.84. The largest absolute Gasteiger partial charge is 0.390 e. The van der Waals surface area contributed by atoms with Crippen LogP contribution in [0.2, 0.25) is 0 Å². The Labute approximate surface area is 240 Å². The van der Waals surface area contributed by atoms with Gasteiger partial charge in [0.05, 0.1) is 6.10 Å². The fourth-order valence-corrected chi connectivity index (χ4v) is 6.38. The Morgan fingerprint density at radius 2 is 0.950 bits per heavy atom. The first kappa shape index (κ1) is 28.5. The second-order valence-corrected chi connectivity index (χ2v) is 11.2. The molecule has 0 radical (unpaired) electrons. The number of rotatable bonds is 9. The molecule has 1 aliphatic heterocycles. The minimum atomic E-state index is -2.24. The first-order valence-corrected chi connectivity index (χ1v) is 14.0. The summed E-state index contributed by atoms with van der Waals surface area (Å²) in [6.07, 6.45) is -2.69. The van der Waals surface area contributed by atoms with E-state index in [2.05, 4.69) is 0 Å². The average molecular weight is 559 g/mol. The number of aliphatic hydroxyl groups is 4. The van der Waals surface area contributed by atoms with Gasteiger partial charge < -0.3 is 25.2 Å². The molecule has 0 aliphatic carbocycles. The molecule has 5 rings (SSSR count). The molecule has 6 atom stereocenters. The number of benzene rings is 4. The number of alkyl halides is 1. The first-order chi connectivity index (χ1) is 19.2. The van der Waals surface area contributed by atoms with Gasteiger partial charge in [0.2, 0.25) is 0 Å². The van der Waals surface area contributed by atoms with Crippen molar-refractivity contribution in [1.82, 2.24) is 0 Å². The smallest absolute Gasteiger partial charge is 0.163 e. The molecule has 0 bridgehead atoms. The third-order valence-electron chi connectivity index (χ3n) is 8.12. The van der Waals surface area contributed by atoms with E-state index in [1.54, 1.807) is 0 Å². The Bertz CT molecular complexity index is 1360. The maximum atomic E-state index is 12.9. The van der Waals surface area contributed by atoms with Crippen LogP contribution in [0.5, 0.6) is 0 Å². The van der Waals surface area contributed by atoms with Crippen LogP contribution in [0.15, 0.2) is 121 Å². The van der Waals surface area contributed by atoms with E-state index in [1.807, 2.05) is 121 Å². The number of hydrogen-bond acceptors (Lipinski definition) is 5. The van der Waals surface area contributed by atoms with E-state index in [0.29, 0.717) is 11.1 Å². The van der Waals surface area contributed by atoms with Crippen LogP contribution in [0.4, 0.5) is 0 Å². The molecule has 0 aromatic heterocycles. The topological polar surface area (TPSA) is 90.2 Å². The van der Waals surface area contributed by atoms with Gasteiger partial charge in [0.25, 0.3) is 0 Å². The Kier molecular flexibility index (Phi) is 8.43. The van der Waals surface area contributed by atoms with Crippen molar-refractivity contribution in [2.75, 3.05) is 0 Å². The summed E-state index contributed by atoms with van der Waals surface area (Å²) in [6, 6.07) is 37.0. The molecule has 0 spiro atoms. The molecule has 1 aliphatic rings. The lowest BCUT2D eigenvalue weighted by molar-refractivity contribution is -0.351. The molecule has 1 saturated heterocycles. The zero-order valence-electron chi connectivity index (χ0n) is 22.2. The average Bonchev–Trinajstić information content (AvgIpc) is 2.97. The highest BCUT2D eigenvalue weighted by Crippen LogP contribution is 2.51. The van der Waals surface area contributed by atoms with Crippen molar-refractivity contribution in [2.45, 2.75) is 60.3 Å². The van der Waals surface area contributed by atoms with Crippen molar-refractivity contribution in [3.05, 3.63) is 144 Å². The summed E-state index contributed by atoms with van der Waals surface area (Å²) in [4.78, 5) is 0. The molecule has 40 heavy (non-hydrogen) atoms. The van der Waals surface area contributed by atoms with Gasteiger partial charge in [0, 0.05) is 25.7 Å². The molecule has 4 aromatic rings. The van der Waals surface area contributed by atoms with Gasteiger partial charge in [0.1, 0.15) is 22.9 Å². The molecule has 4 aromatic carbocycles. The van der Waals surface area contributed by atoms with Crippen LogP contribution >= 0.6 is 11.6 Å². The van der Waals surface area contributed by atoms with Gasteiger partial charge in [-0.3, -0.25) is 0 Å². The molecule has 6 heteroatoms. The fourth-order valence-electron chi connectivity index (χ4n) is 6.01. The molecule has 1 fully saturated rings. The van der Waals surface area contributed by atoms with Crippen molar-refractivity contribution in [2.24, 2.45) is 0 Å². The van der Waals surface area contributed by atoms with Gasteiger partial charge >= 0.3 is 0 Å². The second-order valence-electron chi connectivity index (χ2n) is 10.8. The van der Waals surface area contributed by atoms with Crippen LogP contribution in [0.25, 0.3) is 0 Å². The van der Waals surface area contributed by atoms with Crippen LogP contribution in [0.3, 0.4) is 0 Å². The summed E-state index contributed by atoms with van der Waals surface area (Å²) in [7, 11) is 0. The molecule has 1 heterocycles. The molecule has 0 amide bonds. The molecular formula is C34H35ClO5. The Morgan fingerprint density at radius 1 is 0.575 bits per heavy atom. The van der Waals surface area contributed by atoms with Gasteiger partial charge in [-0.2, -0.15) is 0 Å². The van der Waals surface area contributed by atoms with Crippen LogP contribution < -0.4 is 0 Å². The number of ether oxygens (including phenoxy) is 1. The standard InChI is InChI=1S/C34H35ClO5/c35-31-33(38,23-27-17-9-3-10-18-27)34(39,24-28-19-11-4-12-20-28)32(37,22-26-15-7-2-8-16-26)30(40-31)29(36)21-25-13-5-1-6-14-25/h1-20,29-31,36-39H,21-24H2/t29?,30-,31?,32-,33+,34+/m1/s1. The first-order valence-electron chi connectivity index (χ1n) is 13.6. The number of hydrogen-bond donors (Lipinski definition) is 4. The highest BCUT2D eigenvalue weighted by atomic mass is 35.5. The molecule has 0 saturated carbocycles. The highest BCUT2D eigenvalue weighted by Gasteiger charge is 2.72. The lowest BCUT2D eigenvalue weighted by Crippen LogP contribution is -2.82. The predicted molar refractivity (Wildman–Crippen MR) is 156 cm³/mol. The normalized spacial score (nSPS) is 29.1. The van der Waals surface area contributed by atoms with Gasteiger partial charge in [-0.1, -0.05) is 133 Å². The Hall–Kier alpha value is -3.03. The molecule has 208 valence electrons. The lowest BCUT2D eigenvalue weighted by Gasteiger charge is -2.61. The van der Waals surface area contributed by atoms with Gasteiger partial charge in [0.15, 0.2) is 5.56 Å².